The third kappa shape index (κ3) is 3.71. The number of carbonyl (C=O) groups is 2. The Balaban J connectivity index is 1.29. The second kappa shape index (κ2) is 7.82. The van der Waals surface area contributed by atoms with Crippen LogP contribution >= 0.6 is 11.8 Å². The Kier molecular flexibility index (Phi) is 5.01. The number of thioether (sulfide) groups is 1. The summed E-state index contributed by atoms with van der Waals surface area (Å²) in [5.74, 6) is 1.77. The summed E-state index contributed by atoms with van der Waals surface area (Å²) in [6.45, 7) is 3.58. The lowest BCUT2D eigenvalue weighted by Gasteiger charge is -2.18. The van der Waals surface area contributed by atoms with Crippen molar-refractivity contribution in [1.82, 2.24) is 14.8 Å². The van der Waals surface area contributed by atoms with Crippen molar-refractivity contribution in [3.63, 3.8) is 0 Å². The number of carbonyl (C=O) groups excluding carboxylic acids is 2. The molecule has 2 aromatic rings. The van der Waals surface area contributed by atoms with Crippen LogP contribution in [0.1, 0.15) is 49.0 Å². The normalized spacial score (nSPS) is 17.4. The first-order chi connectivity index (χ1) is 14.6. The van der Waals surface area contributed by atoms with Crippen LogP contribution in [0.5, 0.6) is 11.5 Å². The van der Waals surface area contributed by atoms with E-state index in [-0.39, 0.29) is 24.2 Å². The van der Waals surface area contributed by atoms with Gasteiger partial charge in [0.05, 0.1) is 11.4 Å². The Hall–Kier alpha value is -2.75. The van der Waals surface area contributed by atoms with Gasteiger partial charge in [-0.15, -0.1) is 10.2 Å². The number of nitrogens with one attached hydrogen (secondary N) is 1. The van der Waals surface area contributed by atoms with Crippen molar-refractivity contribution in [3.8, 4) is 11.5 Å². The number of amides is 1. The molecule has 9 nitrogen and oxygen atoms in total. The molecular formula is C20H23N5O4S. The summed E-state index contributed by atoms with van der Waals surface area (Å²) in [4.78, 5) is 26.9. The second-order valence-electron chi connectivity index (χ2n) is 7.72. The maximum atomic E-state index is 12.6. The van der Waals surface area contributed by atoms with Gasteiger partial charge in [0.2, 0.25) is 18.6 Å². The van der Waals surface area contributed by atoms with Crippen LogP contribution in [0.15, 0.2) is 17.3 Å². The maximum Gasteiger partial charge on any atom is 0.234 e. The molecular weight excluding hydrogens is 406 g/mol. The molecule has 0 unspecified atom stereocenters. The maximum absolute atomic E-state index is 12.6. The summed E-state index contributed by atoms with van der Waals surface area (Å²) < 4.78 is 12.9. The molecule has 1 aromatic heterocycles. The number of anilines is 2. The highest BCUT2D eigenvalue weighted by atomic mass is 32.2. The third-order valence-electron chi connectivity index (χ3n) is 5.45. The molecule has 1 N–H and O–H groups in total. The van der Waals surface area contributed by atoms with Gasteiger partial charge in [-0.05, 0) is 38.7 Å². The first-order valence-electron chi connectivity index (χ1n) is 10.2. The van der Waals surface area contributed by atoms with E-state index in [0.29, 0.717) is 28.8 Å². The molecule has 2 fully saturated rings. The van der Waals surface area contributed by atoms with Crippen LogP contribution in [0, 0.1) is 0 Å². The Morgan fingerprint density at radius 3 is 2.60 bits per heavy atom. The quantitative estimate of drug-likeness (QED) is 0.530. The predicted octanol–water partition coefficient (Wildman–Crippen LogP) is 2.88. The zero-order chi connectivity index (χ0) is 20.7. The summed E-state index contributed by atoms with van der Waals surface area (Å²) >= 11 is 1.37. The molecule has 10 heteroatoms. The van der Waals surface area contributed by atoms with Gasteiger partial charge in [-0.3, -0.25) is 14.2 Å². The molecule has 0 radical (unpaired) electrons. The molecule has 5 rings (SSSR count). The van der Waals surface area contributed by atoms with Crippen LogP contribution in [0.4, 0.5) is 11.6 Å². The van der Waals surface area contributed by atoms with Gasteiger partial charge in [0.25, 0.3) is 0 Å². The number of ketones is 1. The van der Waals surface area contributed by atoms with E-state index < -0.39 is 0 Å². The van der Waals surface area contributed by atoms with Crippen LogP contribution in [0.25, 0.3) is 0 Å². The van der Waals surface area contributed by atoms with Crippen molar-refractivity contribution < 1.29 is 19.1 Å². The van der Waals surface area contributed by atoms with E-state index in [4.69, 9.17) is 9.47 Å². The average Bonchev–Trinajstić information content (AvgIpc) is 3.13. The topological polar surface area (TPSA) is 98.6 Å². The fourth-order valence-electron chi connectivity index (χ4n) is 3.81. The summed E-state index contributed by atoms with van der Waals surface area (Å²) in [6.07, 6.45) is 4.60. The summed E-state index contributed by atoms with van der Waals surface area (Å²) in [5, 5.41) is 12.4. The molecule has 3 heterocycles. The van der Waals surface area contributed by atoms with Gasteiger partial charge < -0.3 is 19.7 Å². The Labute approximate surface area is 178 Å². The zero-order valence-electron chi connectivity index (χ0n) is 16.7. The first kappa shape index (κ1) is 19.2. The minimum Gasteiger partial charge on any atom is -0.454 e. The number of rotatable bonds is 7. The number of hydrogen-bond donors (Lipinski definition) is 1. The van der Waals surface area contributed by atoms with Crippen LogP contribution < -0.4 is 19.7 Å². The average molecular weight is 430 g/mol. The van der Waals surface area contributed by atoms with Crippen LogP contribution in [-0.2, 0) is 4.79 Å². The minimum atomic E-state index is -0.213. The van der Waals surface area contributed by atoms with E-state index in [9.17, 15) is 9.59 Å². The largest absolute Gasteiger partial charge is 0.454 e. The van der Waals surface area contributed by atoms with E-state index in [0.717, 1.165) is 37.0 Å². The van der Waals surface area contributed by atoms with Crippen LogP contribution in [-0.4, -0.2) is 52.1 Å². The lowest BCUT2D eigenvalue weighted by molar-refractivity contribution is -0.113. The Bertz CT molecular complexity index is 997. The van der Waals surface area contributed by atoms with Gasteiger partial charge in [0.15, 0.2) is 22.4 Å². The number of ether oxygens (including phenoxy) is 2. The first-order valence-corrected chi connectivity index (χ1v) is 11.2. The van der Waals surface area contributed by atoms with Crippen molar-refractivity contribution in [2.24, 2.45) is 0 Å². The Morgan fingerprint density at radius 1 is 1.17 bits per heavy atom. The molecule has 1 aromatic carbocycles. The van der Waals surface area contributed by atoms with Crippen molar-refractivity contribution in [1.29, 1.82) is 0 Å². The van der Waals surface area contributed by atoms with Crippen molar-refractivity contribution in [3.05, 3.63) is 17.7 Å². The lowest BCUT2D eigenvalue weighted by atomic mass is 10.1. The lowest BCUT2D eigenvalue weighted by Crippen LogP contribution is -2.22. The standard InChI is InChI=1S/C20H23N5O4S/c1-12(26)14-8-16-17(29-11-28-16)9-15(14)21-18(27)10-30-20-23-22-19(24-6-2-3-7-24)25(20)13-4-5-13/h8-9,13H,2-7,10-11H2,1H3,(H,21,27). The second-order valence-corrected chi connectivity index (χ2v) is 8.66. The van der Waals surface area contributed by atoms with Crippen molar-refractivity contribution in [2.75, 3.05) is 35.9 Å². The summed E-state index contributed by atoms with van der Waals surface area (Å²) in [5.41, 5.74) is 0.828. The molecule has 1 amide bonds. The van der Waals surface area contributed by atoms with Gasteiger partial charge in [-0.2, -0.15) is 0 Å². The highest BCUT2D eigenvalue weighted by Crippen LogP contribution is 2.41. The number of Topliss-reactive ketones (excluding diaryl/α,β-unsaturated/α-hetero) is 1. The van der Waals surface area contributed by atoms with Crippen LogP contribution in [0.3, 0.4) is 0 Å². The number of aromatic nitrogens is 3. The number of benzene rings is 1. The third-order valence-corrected chi connectivity index (χ3v) is 6.39. The predicted molar refractivity (Wildman–Crippen MR) is 112 cm³/mol. The molecule has 1 aliphatic carbocycles. The number of nitrogens with zero attached hydrogens (tertiary/aromatic N) is 4. The van der Waals surface area contributed by atoms with E-state index in [1.807, 2.05) is 0 Å². The molecule has 3 aliphatic rings. The van der Waals surface area contributed by atoms with Gasteiger partial charge in [-0.25, -0.2) is 0 Å². The fraction of sp³-hybridized carbons (Fsp3) is 0.500. The van der Waals surface area contributed by atoms with Crippen molar-refractivity contribution in [2.45, 2.75) is 43.8 Å². The molecule has 0 spiro atoms. The monoisotopic (exact) mass is 429 g/mol. The summed E-state index contributed by atoms with van der Waals surface area (Å²) in [7, 11) is 0. The minimum absolute atomic E-state index is 0.107. The molecule has 158 valence electrons. The van der Waals surface area contributed by atoms with Gasteiger partial charge in [0.1, 0.15) is 0 Å². The number of fused-ring (bicyclic) bond motifs is 1. The Morgan fingerprint density at radius 2 is 1.90 bits per heavy atom. The molecule has 1 saturated heterocycles. The van der Waals surface area contributed by atoms with Crippen molar-refractivity contribution >= 4 is 35.1 Å². The highest BCUT2D eigenvalue weighted by Gasteiger charge is 2.32. The van der Waals surface area contributed by atoms with E-state index in [2.05, 4.69) is 25.0 Å². The van der Waals surface area contributed by atoms with Gasteiger partial charge in [-0.1, -0.05) is 11.8 Å². The summed E-state index contributed by atoms with van der Waals surface area (Å²) in [6, 6.07) is 3.68. The fourth-order valence-corrected chi connectivity index (χ4v) is 4.61. The molecule has 1 saturated carbocycles. The molecule has 30 heavy (non-hydrogen) atoms. The van der Waals surface area contributed by atoms with E-state index in [1.54, 1.807) is 12.1 Å². The SMILES string of the molecule is CC(=O)c1cc2c(cc1NC(=O)CSc1nnc(N3CCCC3)n1C1CC1)OCO2. The van der Waals surface area contributed by atoms with Gasteiger partial charge in [0, 0.05) is 30.8 Å². The van der Waals surface area contributed by atoms with E-state index >= 15 is 0 Å². The molecule has 2 aliphatic heterocycles. The van der Waals surface area contributed by atoms with Gasteiger partial charge >= 0.3 is 0 Å². The van der Waals surface area contributed by atoms with E-state index in [1.165, 1.54) is 31.5 Å². The highest BCUT2D eigenvalue weighted by molar-refractivity contribution is 7.99. The molecule has 0 bridgehead atoms. The molecule has 0 atom stereocenters. The zero-order valence-corrected chi connectivity index (χ0v) is 17.5. The smallest absolute Gasteiger partial charge is 0.234 e. The number of hydrogen-bond acceptors (Lipinski definition) is 8. The van der Waals surface area contributed by atoms with Crippen LogP contribution in [0.2, 0.25) is 0 Å².